The summed E-state index contributed by atoms with van der Waals surface area (Å²) in [7, 11) is 0. The Labute approximate surface area is 180 Å². The highest BCUT2D eigenvalue weighted by molar-refractivity contribution is 8.00. The molecule has 1 aliphatic heterocycles. The quantitative estimate of drug-likeness (QED) is 0.508. The van der Waals surface area contributed by atoms with E-state index in [1.165, 1.54) is 18.0 Å². The molecule has 0 amide bonds. The molecule has 7 heteroatoms. The molecule has 0 spiro atoms. The normalized spacial score (nSPS) is 16.0. The number of rotatable bonds is 3. The maximum absolute atomic E-state index is 14.6. The van der Waals surface area contributed by atoms with Gasteiger partial charge in [-0.1, -0.05) is 32.0 Å². The number of benzene rings is 2. The molecule has 4 rings (SSSR count). The van der Waals surface area contributed by atoms with Crippen LogP contribution in [0.5, 0.6) is 5.88 Å². The second kappa shape index (κ2) is 8.92. The summed E-state index contributed by atoms with van der Waals surface area (Å²) in [4.78, 5) is 10.1. The fraction of sp³-hybridized carbons (Fsp3) is 0.304. The maximum Gasteiger partial charge on any atom is 0.237 e. The van der Waals surface area contributed by atoms with Crippen molar-refractivity contribution in [3.8, 4) is 17.1 Å². The van der Waals surface area contributed by atoms with Crippen molar-refractivity contribution in [1.29, 1.82) is 0 Å². The van der Waals surface area contributed by atoms with Crippen LogP contribution in [0.25, 0.3) is 11.3 Å². The number of nitrogens with zero attached hydrogens (tertiary/aromatic N) is 2. The second-order valence-electron chi connectivity index (χ2n) is 7.86. The van der Waals surface area contributed by atoms with Crippen molar-refractivity contribution in [2.45, 2.75) is 38.1 Å². The molecule has 0 saturated heterocycles. The van der Waals surface area contributed by atoms with Gasteiger partial charge >= 0.3 is 0 Å². The van der Waals surface area contributed by atoms with Crippen molar-refractivity contribution in [3.05, 3.63) is 59.9 Å². The van der Waals surface area contributed by atoms with Gasteiger partial charge in [-0.2, -0.15) is 4.98 Å². The molecule has 0 fully saturated rings. The molecule has 5 nitrogen and oxygen atoms in total. The number of anilines is 2. The predicted octanol–water partition coefficient (Wildman–Crippen LogP) is 5.93. The summed E-state index contributed by atoms with van der Waals surface area (Å²) >= 11 is 1.41. The van der Waals surface area contributed by atoms with Gasteiger partial charge in [-0.05, 0) is 61.0 Å². The molecule has 1 aliphatic rings. The first-order chi connectivity index (χ1) is 14.5. The number of fused-ring (bicyclic) bond motifs is 4. The molecule has 0 saturated carbocycles. The molecule has 2 heterocycles. The van der Waals surface area contributed by atoms with Gasteiger partial charge in [-0.3, -0.25) is 4.72 Å². The smallest absolute Gasteiger partial charge is 0.237 e. The zero-order valence-electron chi connectivity index (χ0n) is 17.3. The van der Waals surface area contributed by atoms with Gasteiger partial charge in [0.25, 0.3) is 0 Å². The van der Waals surface area contributed by atoms with Crippen LogP contribution < -0.4 is 14.8 Å². The minimum atomic E-state index is -0.313. The van der Waals surface area contributed by atoms with Crippen LogP contribution in [-0.2, 0) is 0 Å². The van der Waals surface area contributed by atoms with Gasteiger partial charge in [0, 0.05) is 22.2 Å². The maximum atomic E-state index is 14.6. The van der Waals surface area contributed by atoms with Crippen LogP contribution in [0.15, 0.2) is 53.4 Å². The Hall–Kier alpha value is -2.80. The Morgan fingerprint density at radius 2 is 2.00 bits per heavy atom. The number of hydrogen-bond donors (Lipinski definition) is 2. The molecule has 1 atom stereocenters. The van der Waals surface area contributed by atoms with Crippen molar-refractivity contribution in [1.82, 2.24) is 9.97 Å². The van der Waals surface area contributed by atoms with E-state index < -0.39 is 0 Å². The van der Waals surface area contributed by atoms with E-state index in [1.807, 2.05) is 25.1 Å². The average molecular weight is 425 g/mol. The molecule has 3 aromatic rings. The molecule has 4 bridgehead atoms. The first-order valence-corrected chi connectivity index (χ1v) is 10.9. The van der Waals surface area contributed by atoms with Gasteiger partial charge < -0.3 is 10.1 Å². The number of ether oxygens (including phenoxy) is 1. The molecular formula is C23H25FN4OS. The number of nitrogens with one attached hydrogen (secondary N) is 2. The lowest BCUT2D eigenvalue weighted by atomic mass is 10.0. The van der Waals surface area contributed by atoms with Crippen LogP contribution in [0.2, 0.25) is 0 Å². The third kappa shape index (κ3) is 4.84. The van der Waals surface area contributed by atoms with E-state index in [4.69, 9.17) is 4.74 Å². The number of halogens is 1. The van der Waals surface area contributed by atoms with Gasteiger partial charge in [-0.15, -0.1) is 0 Å². The SMILES string of the molecule is Cc1cccc(F)c1-c1cc2nc(n1)NSc1cccc(c1)NC(CC(C)C)CO2. The van der Waals surface area contributed by atoms with Crippen LogP contribution >= 0.6 is 11.9 Å². The molecule has 156 valence electrons. The Morgan fingerprint density at radius 3 is 2.80 bits per heavy atom. The minimum Gasteiger partial charge on any atom is -0.475 e. The molecule has 2 N–H and O–H groups in total. The van der Waals surface area contributed by atoms with E-state index in [0.717, 1.165) is 22.6 Å². The van der Waals surface area contributed by atoms with Crippen LogP contribution in [0.1, 0.15) is 25.8 Å². The topological polar surface area (TPSA) is 59.1 Å². The Bertz CT molecular complexity index is 1020. The monoisotopic (exact) mass is 424 g/mol. The first-order valence-electron chi connectivity index (χ1n) is 10.0. The van der Waals surface area contributed by atoms with Gasteiger partial charge in [0.2, 0.25) is 11.8 Å². The summed E-state index contributed by atoms with van der Waals surface area (Å²) < 4.78 is 23.8. The molecular weight excluding hydrogens is 399 g/mol. The van der Waals surface area contributed by atoms with E-state index in [-0.39, 0.29) is 11.9 Å². The van der Waals surface area contributed by atoms with Gasteiger partial charge in [0.15, 0.2) is 0 Å². The number of aryl methyl sites for hydroxylation is 1. The van der Waals surface area contributed by atoms with E-state index in [1.54, 1.807) is 12.1 Å². The lowest BCUT2D eigenvalue weighted by Crippen LogP contribution is -2.29. The van der Waals surface area contributed by atoms with Crippen LogP contribution in [-0.4, -0.2) is 22.6 Å². The van der Waals surface area contributed by atoms with Gasteiger partial charge in [0.05, 0.1) is 11.7 Å². The van der Waals surface area contributed by atoms with Crippen molar-refractivity contribution < 1.29 is 9.13 Å². The predicted molar refractivity (Wildman–Crippen MR) is 120 cm³/mol. The highest BCUT2D eigenvalue weighted by Gasteiger charge is 2.17. The zero-order valence-corrected chi connectivity index (χ0v) is 18.1. The first kappa shape index (κ1) is 20.5. The van der Waals surface area contributed by atoms with E-state index in [9.17, 15) is 4.39 Å². The molecule has 2 aromatic carbocycles. The zero-order chi connectivity index (χ0) is 21.1. The van der Waals surface area contributed by atoms with Crippen LogP contribution in [0, 0.1) is 18.7 Å². The average Bonchev–Trinajstić information content (AvgIpc) is 2.70. The van der Waals surface area contributed by atoms with Crippen LogP contribution in [0.4, 0.5) is 16.0 Å². The number of aromatic nitrogens is 2. The molecule has 0 aliphatic carbocycles. The summed E-state index contributed by atoms with van der Waals surface area (Å²) in [6, 6.07) is 15.0. The lowest BCUT2D eigenvalue weighted by molar-refractivity contribution is 0.271. The highest BCUT2D eigenvalue weighted by atomic mass is 32.2. The minimum absolute atomic E-state index is 0.120. The van der Waals surface area contributed by atoms with Crippen molar-refractivity contribution in [3.63, 3.8) is 0 Å². The van der Waals surface area contributed by atoms with Crippen molar-refractivity contribution in [2.75, 3.05) is 16.6 Å². The fourth-order valence-corrected chi connectivity index (χ4v) is 4.18. The van der Waals surface area contributed by atoms with Gasteiger partial charge in [-0.25, -0.2) is 9.37 Å². The van der Waals surface area contributed by atoms with Crippen LogP contribution in [0.3, 0.4) is 0 Å². The van der Waals surface area contributed by atoms with E-state index in [2.05, 4.69) is 46.0 Å². The number of hydrogen-bond acceptors (Lipinski definition) is 6. The Morgan fingerprint density at radius 1 is 1.17 bits per heavy atom. The molecule has 30 heavy (non-hydrogen) atoms. The Kier molecular flexibility index (Phi) is 6.08. The molecule has 0 radical (unpaired) electrons. The van der Waals surface area contributed by atoms with Crippen molar-refractivity contribution >= 4 is 23.6 Å². The standard InChI is InChI=1S/C23H25FN4OS/c1-14(2)10-17-13-29-21-12-20(22-15(3)6-4-9-19(22)24)26-23(27-21)28-30-18-8-5-7-16(11-18)25-17/h4-9,11-12,14,17,25H,10,13H2,1-3H3,(H,26,27,28). The fourth-order valence-electron chi connectivity index (χ4n) is 3.54. The summed E-state index contributed by atoms with van der Waals surface area (Å²) in [6.07, 6.45) is 0.951. The van der Waals surface area contributed by atoms with Crippen molar-refractivity contribution in [2.24, 2.45) is 5.92 Å². The Balaban J connectivity index is 1.74. The summed E-state index contributed by atoms with van der Waals surface area (Å²) in [6.45, 7) is 6.70. The van der Waals surface area contributed by atoms with E-state index >= 15 is 0 Å². The molecule has 1 unspecified atom stereocenters. The lowest BCUT2D eigenvalue weighted by Gasteiger charge is -2.23. The van der Waals surface area contributed by atoms with Gasteiger partial charge in [0.1, 0.15) is 12.4 Å². The molecule has 1 aromatic heterocycles. The highest BCUT2D eigenvalue weighted by Crippen LogP contribution is 2.30. The third-order valence-electron chi connectivity index (χ3n) is 4.83. The summed E-state index contributed by atoms with van der Waals surface area (Å²) in [5, 5.41) is 3.57. The third-order valence-corrected chi connectivity index (χ3v) is 5.61. The second-order valence-corrected chi connectivity index (χ2v) is 8.74. The largest absolute Gasteiger partial charge is 0.475 e. The summed E-state index contributed by atoms with van der Waals surface area (Å²) in [5.74, 6) is 1.00. The summed E-state index contributed by atoms with van der Waals surface area (Å²) in [5.41, 5.74) is 2.82. The van der Waals surface area contributed by atoms with E-state index in [0.29, 0.717) is 35.6 Å².